The molecule has 1 amide bonds. The highest BCUT2D eigenvalue weighted by atomic mass is 16.2. The van der Waals surface area contributed by atoms with E-state index in [1.807, 2.05) is 26.0 Å². The lowest BCUT2D eigenvalue weighted by molar-refractivity contribution is -0.122. The Morgan fingerprint density at radius 3 is 2.93 bits per heavy atom. The number of hydrogen-bond donors (Lipinski definition) is 2. The molecule has 0 bridgehead atoms. The molecule has 0 saturated heterocycles. The van der Waals surface area contributed by atoms with Gasteiger partial charge in [0.25, 0.3) is 0 Å². The van der Waals surface area contributed by atoms with Crippen LogP contribution in [-0.2, 0) is 11.3 Å². The van der Waals surface area contributed by atoms with Crippen molar-refractivity contribution in [1.29, 1.82) is 0 Å². The summed E-state index contributed by atoms with van der Waals surface area (Å²) < 4.78 is 0. The van der Waals surface area contributed by atoms with Crippen LogP contribution in [0.1, 0.15) is 18.2 Å². The van der Waals surface area contributed by atoms with E-state index in [-0.39, 0.29) is 11.9 Å². The van der Waals surface area contributed by atoms with Crippen molar-refractivity contribution >= 4 is 5.91 Å². The summed E-state index contributed by atoms with van der Waals surface area (Å²) in [6, 6.07) is 3.71. The van der Waals surface area contributed by atoms with Gasteiger partial charge in [0.05, 0.1) is 11.7 Å². The van der Waals surface area contributed by atoms with Gasteiger partial charge >= 0.3 is 0 Å². The first-order valence-corrected chi connectivity index (χ1v) is 5.00. The second kappa shape index (κ2) is 5.46. The van der Waals surface area contributed by atoms with E-state index in [1.54, 1.807) is 13.2 Å². The van der Waals surface area contributed by atoms with E-state index in [1.165, 1.54) is 0 Å². The van der Waals surface area contributed by atoms with Crippen LogP contribution in [0.25, 0.3) is 0 Å². The van der Waals surface area contributed by atoms with Gasteiger partial charge in [-0.05, 0) is 25.5 Å². The number of nitrogens with zero attached hydrogens (tertiary/aromatic N) is 1. The van der Waals surface area contributed by atoms with E-state index in [9.17, 15) is 4.79 Å². The smallest absolute Gasteiger partial charge is 0.236 e. The molecule has 15 heavy (non-hydrogen) atoms. The lowest BCUT2D eigenvalue weighted by Crippen LogP contribution is -2.40. The Morgan fingerprint density at radius 2 is 2.33 bits per heavy atom. The number of pyridine rings is 1. The molecule has 1 aromatic rings. The van der Waals surface area contributed by atoms with Crippen LogP contribution in [0.15, 0.2) is 18.3 Å². The highest BCUT2D eigenvalue weighted by Gasteiger charge is 2.10. The fourth-order valence-corrected chi connectivity index (χ4v) is 1.26. The number of carbonyl (C=O) groups excluding carboxylic acids is 1. The Hall–Kier alpha value is -1.42. The Balaban J connectivity index is 2.50. The van der Waals surface area contributed by atoms with Gasteiger partial charge in [0.2, 0.25) is 5.91 Å². The number of likely N-dealkylation sites (N-methyl/N-ethyl adjacent to an activating group) is 1. The number of hydrogen-bond acceptors (Lipinski definition) is 3. The summed E-state index contributed by atoms with van der Waals surface area (Å²) in [4.78, 5) is 15.5. The van der Waals surface area contributed by atoms with Crippen LogP contribution in [-0.4, -0.2) is 24.0 Å². The average molecular weight is 207 g/mol. The minimum absolute atomic E-state index is 0.0106. The molecule has 0 unspecified atom stereocenters. The zero-order chi connectivity index (χ0) is 11.3. The van der Waals surface area contributed by atoms with Crippen LogP contribution in [0, 0.1) is 6.92 Å². The third kappa shape index (κ3) is 3.32. The van der Waals surface area contributed by atoms with Crippen LogP contribution < -0.4 is 10.6 Å². The van der Waals surface area contributed by atoms with E-state index in [4.69, 9.17) is 0 Å². The van der Waals surface area contributed by atoms with Crippen molar-refractivity contribution in [3.63, 3.8) is 0 Å². The number of amides is 1. The molecule has 2 N–H and O–H groups in total. The summed E-state index contributed by atoms with van der Waals surface area (Å²) in [5, 5.41) is 5.71. The van der Waals surface area contributed by atoms with Gasteiger partial charge in [-0.25, -0.2) is 0 Å². The minimum atomic E-state index is -0.198. The number of rotatable bonds is 4. The van der Waals surface area contributed by atoms with Gasteiger partial charge in [-0.15, -0.1) is 0 Å². The molecule has 1 atom stereocenters. The third-order valence-corrected chi connectivity index (χ3v) is 2.33. The van der Waals surface area contributed by atoms with Crippen LogP contribution in [0.2, 0.25) is 0 Å². The summed E-state index contributed by atoms with van der Waals surface area (Å²) in [5.41, 5.74) is 2.11. The van der Waals surface area contributed by atoms with Gasteiger partial charge in [-0.1, -0.05) is 6.07 Å². The summed E-state index contributed by atoms with van der Waals surface area (Å²) in [5.74, 6) is -0.0106. The molecular weight excluding hydrogens is 190 g/mol. The first-order valence-electron chi connectivity index (χ1n) is 5.00. The Labute approximate surface area is 90.1 Å². The van der Waals surface area contributed by atoms with Crippen LogP contribution in [0.3, 0.4) is 0 Å². The normalized spacial score (nSPS) is 12.2. The molecule has 4 heteroatoms. The highest BCUT2D eigenvalue weighted by molar-refractivity contribution is 5.80. The minimum Gasteiger partial charge on any atom is -0.358 e. The molecule has 1 rings (SSSR count). The van der Waals surface area contributed by atoms with E-state index < -0.39 is 0 Å². The molecule has 0 aliphatic heterocycles. The molecule has 0 saturated carbocycles. The molecule has 4 nitrogen and oxygen atoms in total. The van der Waals surface area contributed by atoms with Crippen LogP contribution >= 0.6 is 0 Å². The van der Waals surface area contributed by atoms with Gasteiger partial charge in [0.1, 0.15) is 0 Å². The van der Waals surface area contributed by atoms with Gasteiger partial charge in [0.15, 0.2) is 0 Å². The fraction of sp³-hybridized carbons (Fsp3) is 0.455. The Kier molecular flexibility index (Phi) is 4.24. The molecule has 0 aliphatic carbocycles. The molecule has 0 spiro atoms. The van der Waals surface area contributed by atoms with Gasteiger partial charge in [-0.2, -0.15) is 0 Å². The van der Waals surface area contributed by atoms with Crippen LogP contribution in [0.4, 0.5) is 0 Å². The van der Waals surface area contributed by atoms with Gasteiger partial charge in [-0.3, -0.25) is 9.78 Å². The van der Waals surface area contributed by atoms with Crippen molar-refractivity contribution in [3.8, 4) is 0 Å². The van der Waals surface area contributed by atoms with E-state index in [0.29, 0.717) is 6.54 Å². The number of aryl methyl sites for hydroxylation is 1. The van der Waals surface area contributed by atoms with Crippen molar-refractivity contribution in [2.45, 2.75) is 26.4 Å². The highest BCUT2D eigenvalue weighted by Crippen LogP contribution is 2.02. The van der Waals surface area contributed by atoms with Crippen molar-refractivity contribution in [1.82, 2.24) is 15.6 Å². The monoisotopic (exact) mass is 207 g/mol. The zero-order valence-electron chi connectivity index (χ0n) is 9.37. The van der Waals surface area contributed by atoms with Crippen LogP contribution in [0.5, 0.6) is 0 Å². The zero-order valence-corrected chi connectivity index (χ0v) is 9.37. The average Bonchev–Trinajstić information content (AvgIpc) is 2.26. The summed E-state index contributed by atoms with van der Waals surface area (Å²) >= 11 is 0. The summed E-state index contributed by atoms with van der Waals surface area (Å²) in [6.45, 7) is 4.45. The van der Waals surface area contributed by atoms with Crippen molar-refractivity contribution in [2.75, 3.05) is 7.05 Å². The number of carbonyl (C=O) groups is 1. The molecule has 0 radical (unpaired) electrons. The SMILES string of the molecule is CNC(=O)[C@@H](C)NCc1ncccc1C. The second-order valence-electron chi connectivity index (χ2n) is 3.48. The predicted octanol–water partition coefficient (Wildman–Crippen LogP) is 0.614. The fourth-order valence-electron chi connectivity index (χ4n) is 1.26. The lowest BCUT2D eigenvalue weighted by atomic mass is 10.2. The molecular formula is C11H17N3O. The molecule has 1 aromatic heterocycles. The maximum absolute atomic E-state index is 11.2. The van der Waals surface area contributed by atoms with Gasteiger partial charge < -0.3 is 10.6 Å². The third-order valence-electron chi connectivity index (χ3n) is 2.33. The summed E-state index contributed by atoms with van der Waals surface area (Å²) in [6.07, 6.45) is 1.76. The predicted molar refractivity (Wildman–Crippen MR) is 59.3 cm³/mol. The van der Waals surface area contributed by atoms with E-state index in [0.717, 1.165) is 11.3 Å². The quantitative estimate of drug-likeness (QED) is 0.760. The van der Waals surface area contributed by atoms with Crippen molar-refractivity contribution in [2.24, 2.45) is 0 Å². The van der Waals surface area contributed by atoms with E-state index >= 15 is 0 Å². The largest absolute Gasteiger partial charge is 0.358 e. The topological polar surface area (TPSA) is 54.0 Å². The Bertz CT molecular complexity index is 338. The number of nitrogens with one attached hydrogen (secondary N) is 2. The first kappa shape index (κ1) is 11.7. The molecule has 0 fully saturated rings. The molecule has 1 heterocycles. The van der Waals surface area contributed by atoms with Crippen molar-refractivity contribution < 1.29 is 4.79 Å². The lowest BCUT2D eigenvalue weighted by Gasteiger charge is -2.12. The van der Waals surface area contributed by atoms with Crippen molar-refractivity contribution in [3.05, 3.63) is 29.6 Å². The van der Waals surface area contributed by atoms with Gasteiger partial charge in [0, 0.05) is 19.8 Å². The standard InChI is InChI=1S/C11H17N3O/c1-8-5-4-6-13-10(8)7-14-9(2)11(15)12-3/h4-6,9,14H,7H2,1-3H3,(H,12,15)/t9-/m1/s1. The first-order chi connectivity index (χ1) is 7.15. The maximum atomic E-state index is 11.2. The van der Waals surface area contributed by atoms with E-state index in [2.05, 4.69) is 15.6 Å². The second-order valence-corrected chi connectivity index (χ2v) is 3.48. The maximum Gasteiger partial charge on any atom is 0.236 e. The summed E-state index contributed by atoms with van der Waals surface area (Å²) in [7, 11) is 1.63. The molecule has 0 aromatic carbocycles. The number of aromatic nitrogens is 1. The molecule has 0 aliphatic rings. The Morgan fingerprint density at radius 1 is 1.60 bits per heavy atom. The molecule has 82 valence electrons.